The minimum atomic E-state index is -3.84. The maximum absolute atomic E-state index is 13.1. The predicted octanol–water partition coefficient (Wildman–Crippen LogP) is 3.49. The molecule has 1 aromatic carbocycles. The van der Waals surface area contributed by atoms with Gasteiger partial charge in [-0.05, 0) is 55.2 Å². The molecule has 2 aliphatic rings. The largest absolute Gasteiger partial charge is 0.344 e. The zero-order valence-corrected chi connectivity index (χ0v) is 20.9. The Morgan fingerprint density at radius 2 is 2.09 bits per heavy atom. The number of nitrogens with one attached hydrogen (secondary N) is 2. The molecule has 35 heavy (non-hydrogen) atoms. The highest BCUT2D eigenvalue weighted by atomic mass is 35.5. The molecule has 0 bridgehead atoms. The van der Waals surface area contributed by atoms with Crippen molar-refractivity contribution >= 4 is 39.1 Å². The zero-order chi connectivity index (χ0) is 25.1. The maximum Gasteiger partial charge on any atom is 0.269 e. The number of hydroxylamine groups is 1. The van der Waals surface area contributed by atoms with E-state index in [0.717, 1.165) is 5.56 Å². The summed E-state index contributed by atoms with van der Waals surface area (Å²) < 4.78 is 27.5. The van der Waals surface area contributed by atoms with Crippen LogP contribution in [-0.4, -0.2) is 42.3 Å². The fourth-order valence-corrected chi connectivity index (χ4v) is 6.28. The molecule has 2 aliphatic heterocycles. The minimum Gasteiger partial charge on any atom is -0.344 e. The van der Waals surface area contributed by atoms with Crippen LogP contribution in [0.3, 0.4) is 0 Å². The number of piperidine rings is 1. The summed E-state index contributed by atoms with van der Waals surface area (Å²) in [6, 6.07) is 9.64. The number of hydrogen-bond donors (Lipinski definition) is 2. The monoisotopic (exact) mass is 535 g/mol. The highest BCUT2D eigenvalue weighted by Gasteiger charge is 2.43. The summed E-state index contributed by atoms with van der Waals surface area (Å²) in [6.45, 7) is 0.359. The first-order valence-electron chi connectivity index (χ1n) is 10.9. The Morgan fingerprint density at radius 3 is 2.77 bits per heavy atom. The Balaban J connectivity index is 1.44. The topological polar surface area (TPSA) is 124 Å². The number of halogens is 2. The number of aromatic nitrogens is 1. The summed E-state index contributed by atoms with van der Waals surface area (Å²) >= 11 is 12.1. The number of rotatable bonds is 7. The lowest BCUT2D eigenvalue weighted by Crippen LogP contribution is -2.46. The number of nitriles is 1. The highest BCUT2D eigenvalue weighted by Crippen LogP contribution is 2.35. The van der Waals surface area contributed by atoms with Crippen LogP contribution < -0.4 is 10.8 Å². The number of carbonyl (C=O) groups is 1. The first-order valence-corrected chi connectivity index (χ1v) is 13.1. The molecule has 184 valence electrons. The Bertz CT molecular complexity index is 1270. The van der Waals surface area contributed by atoms with E-state index in [0.29, 0.717) is 19.3 Å². The van der Waals surface area contributed by atoms with Crippen molar-refractivity contribution in [2.24, 2.45) is 0 Å². The molecule has 4 rings (SSSR count). The molecule has 9 nitrogen and oxygen atoms in total. The lowest BCUT2D eigenvalue weighted by molar-refractivity contribution is -0.120. The van der Waals surface area contributed by atoms with Gasteiger partial charge in [-0.25, -0.2) is 8.42 Å². The summed E-state index contributed by atoms with van der Waals surface area (Å²) in [5.41, 5.74) is 2.92. The van der Waals surface area contributed by atoms with E-state index in [2.05, 4.69) is 21.9 Å². The van der Waals surface area contributed by atoms with E-state index in [1.54, 1.807) is 24.5 Å². The molecule has 2 N–H and O–H groups in total. The molecule has 1 amide bonds. The van der Waals surface area contributed by atoms with Crippen LogP contribution in [0.25, 0.3) is 0 Å². The maximum atomic E-state index is 13.1. The van der Waals surface area contributed by atoms with E-state index in [-0.39, 0.29) is 52.1 Å². The van der Waals surface area contributed by atoms with Gasteiger partial charge in [-0.3, -0.25) is 20.1 Å². The average molecular weight is 536 g/mol. The van der Waals surface area contributed by atoms with Gasteiger partial charge in [-0.15, -0.1) is 0 Å². The van der Waals surface area contributed by atoms with E-state index < -0.39 is 15.6 Å². The zero-order valence-electron chi connectivity index (χ0n) is 18.6. The Hall–Kier alpha value is -2.68. The van der Waals surface area contributed by atoms with Gasteiger partial charge in [0.05, 0.1) is 17.1 Å². The molecule has 1 fully saturated rings. The molecule has 2 aromatic rings. The highest BCUT2D eigenvalue weighted by molar-refractivity contribution is 7.89. The molecule has 12 heteroatoms. The number of sulfonamides is 1. The van der Waals surface area contributed by atoms with Gasteiger partial charge in [0.15, 0.2) is 0 Å². The van der Waals surface area contributed by atoms with Crippen molar-refractivity contribution in [3.05, 3.63) is 70.1 Å². The van der Waals surface area contributed by atoms with Gasteiger partial charge in [-0.1, -0.05) is 29.3 Å². The van der Waals surface area contributed by atoms with Crippen LogP contribution in [0.15, 0.2) is 59.4 Å². The number of nitrogens with zero attached hydrogens (tertiary/aromatic N) is 3. The summed E-state index contributed by atoms with van der Waals surface area (Å²) in [5, 5.41) is 12.3. The van der Waals surface area contributed by atoms with Gasteiger partial charge in [0.1, 0.15) is 16.2 Å². The van der Waals surface area contributed by atoms with Crippen LogP contribution in [-0.2, 0) is 19.7 Å². The molecular weight excluding hydrogens is 513 g/mol. The standard InChI is InChI=1S/C23H23Cl2N5O4S/c24-17-5-6-18(25)21(13-17)35(32,33)30-11-7-23(8-12-30)14-20(29-34-23)22(31)28-19(4-1-9-26)16-3-2-10-27-15-16/h2-3,5-6,10,13-15,19,29H,1,4,7-8,11-12H2,(H,28,31). The number of pyridine rings is 1. The summed E-state index contributed by atoms with van der Waals surface area (Å²) in [6.07, 6.45) is 6.38. The predicted molar refractivity (Wildman–Crippen MR) is 129 cm³/mol. The summed E-state index contributed by atoms with van der Waals surface area (Å²) in [5.74, 6) is -0.380. The molecule has 1 saturated heterocycles. The van der Waals surface area contributed by atoms with Crippen LogP contribution in [0.5, 0.6) is 0 Å². The van der Waals surface area contributed by atoms with Crippen LogP contribution in [0.4, 0.5) is 0 Å². The van der Waals surface area contributed by atoms with Crippen LogP contribution in [0.2, 0.25) is 10.0 Å². The Kier molecular flexibility index (Phi) is 7.64. The van der Waals surface area contributed by atoms with Crippen molar-refractivity contribution in [1.29, 1.82) is 5.26 Å². The van der Waals surface area contributed by atoms with Crippen molar-refractivity contribution < 1.29 is 18.0 Å². The second kappa shape index (κ2) is 10.5. The molecular formula is C23H23Cl2N5O4S. The molecule has 3 heterocycles. The first-order chi connectivity index (χ1) is 16.7. The molecule has 1 atom stereocenters. The molecule has 0 saturated carbocycles. The SMILES string of the molecule is N#CCCC(NC(=O)C1=CC2(CCN(S(=O)(=O)c3cc(Cl)ccc3Cl)CC2)ON1)c1cccnc1. The van der Waals surface area contributed by atoms with Crippen LogP contribution in [0, 0.1) is 11.3 Å². The quantitative estimate of drug-likeness (QED) is 0.555. The van der Waals surface area contributed by atoms with Gasteiger partial charge in [-0.2, -0.15) is 9.57 Å². The fraction of sp³-hybridized carbons (Fsp3) is 0.348. The average Bonchev–Trinajstić information content (AvgIpc) is 3.27. The van der Waals surface area contributed by atoms with Gasteiger partial charge >= 0.3 is 0 Å². The van der Waals surface area contributed by atoms with Crippen LogP contribution >= 0.6 is 23.2 Å². The van der Waals surface area contributed by atoms with Crippen molar-refractivity contribution in [1.82, 2.24) is 20.1 Å². The van der Waals surface area contributed by atoms with E-state index in [1.807, 2.05) is 6.07 Å². The Labute approximate surface area is 213 Å². The van der Waals surface area contributed by atoms with Crippen molar-refractivity contribution in [3.63, 3.8) is 0 Å². The molecule has 1 spiro atoms. The minimum absolute atomic E-state index is 0.0393. The smallest absolute Gasteiger partial charge is 0.269 e. The third-order valence-electron chi connectivity index (χ3n) is 6.03. The van der Waals surface area contributed by atoms with Gasteiger partial charge < -0.3 is 5.32 Å². The number of benzene rings is 1. The number of amides is 1. The summed E-state index contributed by atoms with van der Waals surface area (Å²) in [4.78, 5) is 22.7. The van der Waals surface area contributed by atoms with Crippen molar-refractivity contribution in [3.8, 4) is 6.07 Å². The van der Waals surface area contributed by atoms with E-state index in [1.165, 1.54) is 22.5 Å². The third kappa shape index (κ3) is 5.60. The van der Waals surface area contributed by atoms with E-state index in [9.17, 15) is 13.2 Å². The van der Waals surface area contributed by atoms with E-state index in [4.69, 9.17) is 33.3 Å². The lowest BCUT2D eigenvalue weighted by atomic mass is 9.92. The Morgan fingerprint density at radius 1 is 1.31 bits per heavy atom. The van der Waals surface area contributed by atoms with Crippen molar-refractivity contribution in [2.45, 2.75) is 42.2 Å². The van der Waals surface area contributed by atoms with Crippen molar-refractivity contribution in [2.75, 3.05) is 13.1 Å². The normalized spacial score (nSPS) is 18.4. The number of carbonyl (C=O) groups excluding carboxylic acids is 1. The number of hydrogen-bond acceptors (Lipinski definition) is 7. The lowest BCUT2D eigenvalue weighted by Gasteiger charge is -2.36. The van der Waals surface area contributed by atoms with Crippen LogP contribution in [0.1, 0.15) is 37.3 Å². The summed E-state index contributed by atoms with van der Waals surface area (Å²) in [7, 11) is -3.84. The second-order valence-corrected chi connectivity index (χ2v) is 11.1. The molecule has 1 aromatic heterocycles. The van der Waals surface area contributed by atoms with Gasteiger partial charge in [0.25, 0.3) is 5.91 Å². The second-order valence-electron chi connectivity index (χ2n) is 8.31. The first kappa shape index (κ1) is 25.4. The molecule has 0 aliphatic carbocycles. The molecule has 0 radical (unpaired) electrons. The van der Waals surface area contributed by atoms with Gasteiger partial charge in [0, 0.05) is 36.9 Å². The van der Waals surface area contributed by atoms with Gasteiger partial charge in [0.2, 0.25) is 10.0 Å². The van der Waals surface area contributed by atoms with E-state index >= 15 is 0 Å². The fourth-order valence-electron chi connectivity index (χ4n) is 4.11. The third-order valence-corrected chi connectivity index (χ3v) is 8.65. The molecule has 1 unspecified atom stereocenters.